The highest BCUT2D eigenvalue weighted by molar-refractivity contribution is 5.92. The van der Waals surface area contributed by atoms with Crippen LogP contribution in [0, 0.1) is 11.3 Å². The number of H-pyrrole nitrogens is 1. The van der Waals surface area contributed by atoms with Crippen molar-refractivity contribution in [3.63, 3.8) is 0 Å². The lowest BCUT2D eigenvalue weighted by molar-refractivity contribution is 0.0565. The van der Waals surface area contributed by atoms with Gasteiger partial charge in [-0.25, -0.2) is 0 Å². The lowest BCUT2D eigenvalue weighted by Gasteiger charge is -2.10. The van der Waals surface area contributed by atoms with Crippen LogP contribution < -0.4 is 5.32 Å². The molecule has 0 aromatic carbocycles. The molecule has 0 aliphatic heterocycles. The van der Waals surface area contributed by atoms with Crippen LogP contribution >= 0.6 is 0 Å². The van der Waals surface area contributed by atoms with Crippen molar-refractivity contribution in [3.05, 3.63) is 23.5 Å². The highest BCUT2D eigenvalue weighted by Crippen LogP contribution is 2.20. The first-order chi connectivity index (χ1) is 9.29. The van der Waals surface area contributed by atoms with Gasteiger partial charge in [0, 0.05) is 19.3 Å². The monoisotopic (exact) mass is 261 g/mol. The van der Waals surface area contributed by atoms with Gasteiger partial charge in [0.2, 0.25) is 0 Å². The van der Waals surface area contributed by atoms with Gasteiger partial charge in [-0.3, -0.25) is 4.79 Å². The van der Waals surface area contributed by atoms with E-state index in [2.05, 4.69) is 10.3 Å². The van der Waals surface area contributed by atoms with Gasteiger partial charge in [0.1, 0.15) is 11.8 Å². The molecule has 1 fully saturated rings. The fourth-order valence-corrected chi connectivity index (χ4v) is 2.26. The van der Waals surface area contributed by atoms with Crippen LogP contribution in [0.2, 0.25) is 0 Å². The minimum Gasteiger partial charge on any atom is -0.378 e. The molecule has 0 unspecified atom stereocenters. The zero-order chi connectivity index (χ0) is 13.5. The van der Waals surface area contributed by atoms with Gasteiger partial charge in [-0.15, -0.1) is 0 Å². The smallest absolute Gasteiger partial charge is 0.267 e. The molecule has 5 heteroatoms. The summed E-state index contributed by atoms with van der Waals surface area (Å²) in [6, 6.07) is 3.52. The maximum atomic E-state index is 11.7. The second-order valence-corrected chi connectivity index (χ2v) is 4.80. The van der Waals surface area contributed by atoms with Crippen LogP contribution in [-0.4, -0.2) is 30.1 Å². The van der Waals surface area contributed by atoms with Gasteiger partial charge in [0.15, 0.2) is 0 Å². The van der Waals surface area contributed by atoms with E-state index in [4.69, 9.17) is 10.00 Å². The van der Waals surface area contributed by atoms with E-state index < -0.39 is 0 Å². The molecule has 0 saturated heterocycles. The van der Waals surface area contributed by atoms with E-state index in [9.17, 15) is 4.79 Å². The van der Waals surface area contributed by atoms with Crippen molar-refractivity contribution in [1.29, 1.82) is 5.26 Å². The van der Waals surface area contributed by atoms with Gasteiger partial charge in [-0.05, 0) is 25.3 Å². The topological polar surface area (TPSA) is 77.9 Å². The third kappa shape index (κ3) is 4.11. The molecule has 1 amide bonds. The molecule has 1 saturated carbocycles. The Morgan fingerprint density at radius 1 is 1.53 bits per heavy atom. The maximum Gasteiger partial charge on any atom is 0.267 e. The van der Waals surface area contributed by atoms with E-state index in [1.165, 1.54) is 31.9 Å². The number of hydrogen-bond acceptors (Lipinski definition) is 3. The summed E-state index contributed by atoms with van der Waals surface area (Å²) < 4.78 is 5.71. The first-order valence-electron chi connectivity index (χ1n) is 6.78. The molecule has 5 nitrogen and oxygen atoms in total. The number of ether oxygens (including phenoxy) is 1. The summed E-state index contributed by atoms with van der Waals surface area (Å²) in [6.07, 6.45) is 7.66. The molecule has 1 aromatic heterocycles. The van der Waals surface area contributed by atoms with E-state index in [0.717, 1.165) is 6.42 Å². The minimum absolute atomic E-state index is 0.178. The Morgan fingerprint density at radius 3 is 3.00 bits per heavy atom. The normalized spacial score (nSPS) is 15.3. The second-order valence-electron chi connectivity index (χ2n) is 4.80. The maximum absolute atomic E-state index is 11.7. The van der Waals surface area contributed by atoms with Crippen LogP contribution in [0.1, 0.15) is 48.2 Å². The van der Waals surface area contributed by atoms with Gasteiger partial charge < -0.3 is 15.0 Å². The number of hydrogen-bond donors (Lipinski definition) is 2. The summed E-state index contributed by atoms with van der Waals surface area (Å²) >= 11 is 0. The summed E-state index contributed by atoms with van der Waals surface area (Å²) in [5, 5.41) is 11.5. The minimum atomic E-state index is -0.178. The third-order valence-electron chi connectivity index (χ3n) is 3.32. The summed E-state index contributed by atoms with van der Waals surface area (Å²) in [5.74, 6) is -0.178. The van der Waals surface area contributed by atoms with E-state index >= 15 is 0 Å². The Kier molecular flexibility index (Phi) is 4.99. The Morgan fingerprint density at radius 2 is 2.32 bits per heavy atom. The molecular weight excluding hydrogens is 242 g/mol. The number of aromatic amines is 1. The molecule has 2 N–H and O–H groups in total. The van der Waals surface area contributed by atoms with Crippen molar-refractivity contribution in [2.45, 2.75) is 38.2 Å². The third-order valence-corrected chi connectivity index (χ3v) is 3.32. The summed E-state index contributed by atoms with van der Waals surface area (Å²) in [5.41, 5.74) is 0.892. The molecule has 102 valence electrons. The lowest BCUT2D eigenvalue weighted by Crippen LogP contribution is -2.26. The predicted octanol–water partition coefficient (Wildman–Crippen LogP) is 1.97. The molecule has 0 atom stereocenters. The molecule has 1 heterocycles. The Bertz CT molecular complexity index is 456. The molecule has 1 aliphatic rings. The number of nitrogens with zero attached hydrogens (tertiary/aromatic N) is 1. The van der Waals surface area contributed by atoms with E-state index in [1.54, 1.807) is 6.07 Å². The van der Waals surface area contributed by atoms with Gasteiger partial charge in [0.05, 0.1) is 11.7 Å². The van der Waals surface area contributed by atoms with Gasteiger partial charge in [0.25, 0.3) is 5.91 Å². The van der Waals surface area contributed by atoms with E-state index in [1.807, 2.05) is 6.07 Å². The van der Waals surface area contributed by atoms with Crippen molar-refractivity contribution in [2.24, 2.45) is 0 Å². The van der Waals surface area contributed by atoms with Crippen LogP contribution in [0.25, 0.3) is 0 Å². The number of carbonyl (C=O) groups is 1. The molecule has 0 spiro atoms. The molecular formula is C14H19N3O2. The number of amides is 1. The molecule has 0 radical (unpaired) electrons. The molecule has 1 aromatic rings. The average Bonchev–Trinajstić information content (AvgIpc) is 3.09. The number of rotatable bonds is 6. The zero-order valence-electron chi connectivity index (χ0n) is 10.9. The second kappa shape index (κ2) is 6.95. The number of nitrogens with one attached hydrogen (secondary N) is 2. The molecule has 1 aliphatic carbocycles. The first-order valence-corrected chi connectivity index (χ1v) is 6.78. The molecule has 19 heavy (non-hydrogen) atoms. The Labute approximate surface area is 113 Å². The standard InChI is InChI=1S/C14H19N3O2/c15-9-11-8-13(17-10-11)14(18)16-6-3-7-19-12-4-1-2-5-12/h8,10,12,17H,1-7H2,(H,16,18). The van der Waals surface area contributed by atoms with Crippen molar-refractivity contribution in [1.82, 2.24) is 10.3 Å². The van der Waals surface area contributed by atoms with Gasteiger partial charge in [-0.2, -0.15) is 5.26 Å². The Hall–Kier alpha value is -1.80. The number of carbonyl (C=O) groups excluding carboxylic acids is 1. The average molecular weight is 261 g/mol. The zero-order valence-corrected chi connectivity index (χ0v) is 10.9. The summed E-state index contributed by atoms with van der Waals surface area (Å²) in [6.45, 7) is 1.28. The van der Waals surface area contributed by atoms with Crippen molar-refractivity contribution < 1.29 is 9.53 Å². The van der Waals surface area contributed by atoms with E-state index in [0.29, 0.717) is 30.5 Å². The molecule has 0 bridgehead atoms. The van der Waals surface area contributed by atoms with Crippen molar-refractivity contribution >= 4 is 5.91 Å². The first kappa shape index (κ1) is 13.6. The highest BCUT2D eigenvalue weighted by Gasteiger charge is 2.14. The largest absolute Gasteiger partial charge is 0.378 e. The van der Waals surface area contributed by atoms with Crippen LogP contribution in [-0.2, 0) is 4.74 Å². The number of aromatic nitrogens is 1. The van der Waals surface area contributed by atoms with E-state index in [-0.39, 0.29) is 5.91 Å². The summed E-state index contributed by atoms with van der Waals surface area (Å²) in [4.78, 5) is 14.5. The summed E-state index contributed by atoms with van der Waals surface area (Å²) in [7, 11) is 0. The van der Waals surface area contributed by atoms with Crippen molar-refractivity contribution in [2.75, 3.05) is 13.2 Å². The predicted molar refractivity (Wildman–Crippen MR) is 70.7 cm³/mol. The fraction of sp³-hybridized carbons (Fsp3) is 0.571. The number of nitriles is 1. The molecule has 2 rings (SSSR count). The lowest BCUT2D eigenvalue weighted by atomic mass is 10.3. The SMILES string of the molecule is N#Cc1c[nH]c(C(=O)NCCCOC2CCCC2)c1. The Balaban J connectivity index is 1.60. The van der Waals surface area contributed by atoms with Gasteiger partial charge >= 0.3 is 0 Å². The van der Waals surface area contributed by atoms with Crippen LogP contribution in [0.4, 0.5) is 0 Å². The highest BCUT2D eigenvalue weighted by atomic mass is 16.5. The van der Waals surface area contributed by atoms with Crippen LogP contribution in [0.15, 0.2) is 12.3 Å². The van der Waals surface area contributed by atoms with Crippen molar-refractivity contribution in [3.8, 4) is 6.07 Å². The van der Waals surface area contributed by atoms with Gasteiger partial charge in [-0.1, -0.05) is 12.8 Å². The fourth-order valence-electron chi connectivity index (χ4n) is 2.26. The van der Waals surface area contributed by atoms with Crippen LogP contribution in [0.5, 0.6) is 0 Å². The van der Waals surface area contributed by atoms with Crippen LogP contribution in [0.3, 0.4) is 0 Å². The quantitative estimate of drug-likeness (QED) is 0.768.